The van der Waals surface area contributed by atoms with Gasteiger partial charge in [-0.05, 0) is 42.5 Å². The molecule has 1 aliphatic carbocycles. The van der Waals surface area contributed by atoms with Crippen molar-refractivity contribution in [1.29, 1.82) is 0 Å². The van der Waals surface area contributed by atoms with E-state index >= 15 is 0 Å². The van der Waals surface area contributed by atoms with E-state index < -0.39 is 0 Å². The van der Waals surface area contributed by atoms with Gasteiger partial charge < -0.3 is 5.32 Å². The minimum absolute atomic E-state index is 0.174. The van der Waals surface area contributed by atoms with Gasteiger partial charge >= 0.3 is 6.03 Å². The molecule has 1 fully saturated rings. The standard InChI is InChI=1S/C17H20ClN3O/c18-14-7-8-15(13-5-2-1-3-6-13)16(11-14)20-17(22)21-10-4-9-19-12-21/h4,7-11,13H,1-3,5-6,12H2,(H,20,22). The Morgan fingerprint density at radius 2 is 2.09 bits per heavy atom. The van der Waals surface area contributed by atoms with Crippen molar-refractivity contribution in [2.45, 2.75) is 38.0 Å². The molecule has 116 valence electrons. The second-order valence-corrected chi connectivity index (χ2v) is 6.22. The van der Waals surface area contributed by atoms with Gasteiger partial charge in [0, 0.05) is 23.1 Å². The Labute approximate surface area is 135 Å². The van der Waals surface area contributed by atoms with Crippen LogP contribution in [0.15, 0.2) is 35.5 Å². The molecule has 0 radical (unpaired) electrons. The van der Waals surface area contributed by atoms with E-state index in [0.29, 0.717) is 17.6 Å². The first-order valence-electron chi connectivity index (χ1n) is 7.78. The summed E-state index contributed by atoms with van der Waals surface area (Å²) in [7, 11) is 0. The minimum Gasteiger partial charge on any atom is -0.307 e. The molecule has 2 aliphatic rings. The number of urea groups is 1. The van der Waals surface area contributed by atoms with Gasteiger partial charge in [-0.2, -0.15) is 0 Å². The van der Waals surface area contributed by atoms with Crippen LogP contribution in [0.1, 0.15) is 43.6 Å². The molecule has 0 unspecified atom stereocenters. The normalized spacial score (nSPS) is 18.5. The van der Waals surface area contributed by atoms with Gasteiger partial charge in [0.25, 0.3) is 0 Å². The molecule has 0 atom stereocenters. The summed E-state index contributed by atoms with van der Waals surface area (Å²) in [6, 6.07) is 5.64. The van der Waals surface area contributed by atoms with Crippen LogP contribution in [0.3, 0.4) is 0 Å². The molecule has 1 heterocycles. The van der Waals surface area contributed by atoms with Crippen LogP contribution in [0.2, 0.25) is 5.02 Å². The summed E-state index contributed by atoms with van der Waals surface area (Å²) in [6.07, 6.45) is 11.3. The first-order chi connectivity index (χ1) is 10.7. The van der Waals surface area contributed by atoms with Crippen LogP contribution in [0.4, 0.5) is 10.5 Å². The molecule has 0 aromatic heterocycles. The first kappa shape index (κ1) is 15.1. The minimum atomic E-state index is -0.174. The number of allylic oxidation sites excluding steroid dienone is 1. The van der Waals surface area contributed by atoms with Crippen molar-refractivity contribution in [2.75, 3.05) is 12.0 Å². The van der Waals surface area contributed by atoms with Crippen molar-refractivity contribution >= 4 is 29.5 Å². The zero-order valence-electron chi connectivity index (χ0n) is 12.5. The van der Waals surface area contributed by atoms with Crippen LogP contribution in [-0.4, -0.2) is 23.8 Å². The summed E-state index contributed by atoms with van der Waals surface area (Å²) in [5.74, 6) is 0.510. The monoisotopic (exact) mass is 317 g/mol. The van der Waals surface area contributed by atoms with Crippen LogP contribution in [0.5, 0.6) is 0 Å². The van der Waals surface area contributed by atoms with Gasteiger partial charge in [0.05, 0.1) is 0 Å². The highest BCUT2D eigenvalue weighted by Crippen LogP contribution is 2.37. The van der Waals surface area contributed by atoms with Crippen LogP contribution in [-0.2, 0) is 0 Å². The maximum Gasteiger partial charge on any atom is 0.327 e. The summed E-state index contributed by atoms with van der Waals surface area (Å²) >= 11 is 6.12. The number of nitrogens with one attached hydrogen (secondary N) is 1. The molecule has 2 amide bonds. The van der Waals surface area contributed by atoms with Crippen molar-refractivity contribution in [1.82, 2.24) is 4.90 Å². The molecular formula is C17H20ClN3O. The Bertz CT molecular complexity index is 606. The number of hydrogen-bond acceptors (Lipinski definition) is 2. The lowest BCUT2D eigenvalue weighted by Crippen LogP contribution is -2.32. The van der Waals surface area contributed by atoms with Crippen molar-refractivity contribution in [2.24, 2.45) is 4.99 Å². The highest BCUT2D eigenvalue weighted by atomic mass is 35.5. The Kier molecular flexibility index (Phi) is 4.78. The molecule has 1 aromatic rings. The van der Waals surface area contributed by atoms with Gasteiger partial charge in [0.1, 0.15) is 6.67 Å². The molecular weight excluding hydrogens is 298 g/mol. The lowest BCUT2D eigenvalue weighted by molar-refractivity contribution is 0.229. The molecule has 0 saturated heterocycles. The van der Waals surface area contributed by atoms with Crippen molar-refractivity contribution in [3.05, 3.63) is 41.1 Å². The zero-order valence-corrected chi connectivity index (χ0v) is 13.2. The van der Waals surface area contributed by atoms with Gasteiger partial charge in [-0.3, -0.25) is 9.89 Å². The van der Waals surface area contributed by atoms with Crippen LogP contribution in [0.25, 0.3) is 0 Å². The highest BCUT2D eigenvalue weighted by molar-refractivity contribution is 6.31. The van der Waals surface area contributed by atoms with Crippen molar-refractivity contribution in [3.8, 4) is 0 Å². The lowest BCUT2D eigenvalue weighted by Gasteiger charge is -2.26. The number of carbonyl (C=O) groups is 1. The van der Waals surface area contributed by atoms with Crippen LogP contribution in [0, 0.1) is 0 Å². The highest BCUT2D eigenvalue weighted by Gasteiger charge is 2.21. The second kappa shape index (κ2) is 6.97. The van der Waals surface area contributed by atoms with E-state index in [2.05, 4.69) is 16.4 Å². The molecule has 5 heteroatoms. The summed E-state index contributed by atoms with van der Waals surface area (Å²) in [5, 5.41) is 3.64. The summed E-state index contributed by atoms with van der Waals surface area (Å²) in [6.45, 7) is 0.349. The predicted molar refractivity (Wildman–Crippen MR) is 90.6 cm³/mol. The fourth-order valence-electron chi connectivity index (χ4n) is 3.11. The Hall–Kier alpha value is -1.81. The van der Waals surface area contributed by atoms with Gasteiger partial charge in [0.15, 0.2) is 0 Å². The lowest BCUT2D eigenvalue weighted by atomic mass is 9.83. The maximum absolute atomic E-state index is 12.4. The molecule has 0 spiro atoms. The van der Waals surface area contributed by atoms with E-state index in [0.717, 1.165) is 5.69 Å². The molecule has 1 N–H and O–H groups in total. The summed E-state index contributed by atoms with van der Waals surface area (Å²) in [4.78, 5) is 18.0. The van der Waals surface area contributed by atoms with E-state index in [-0.39, 0.29) is 6.03 Å². The Morgan fingerprint density at radius 1 is 1.27 bits per heavy atom. The summed E-state index contributed by atoms with van der Waals surface area (Å²) < 4.78 is 0. The maximum atomic E-state index is 12.4. The molecule has 1 aromatic carbocycles. The molecule has 4 nitrogen and oxygen atoms in total. The summed E-state index contributed by atoms with van der Waals surface area (Å²) in [5.41, 5.74) is 2.02. The van der Waals surface area contributed by atoms with Gasteiger partial charge in [-0.15, -0.1) is 0 Å². The number of aliphatic imine (C=N–C) groups is 1. The quantitative estimate of drug-likeness (QED) is 0.838. The fraction of sp³-hybridized carbons (Fsp3) is 0.412. The number of amides is 2. The van der Waals surface area contributed by atoms with E-state index in [1.54, 1.807) is 23.4 Å². The van der Waals surface area contributed by atoms with E-state index in [1.807, 2.05) is 12.1 Å². The number of halogens is 1. The van der Waals surface area contributed by atoms with Crippen molar-refractivity contribution in [3.63, 3.8) is 0 Å². The van der Waals surface area contributed by atoms with Gasteiger partial charge in [0.2, 0.25) is 0 Å². The molecule has 3 rings (SSSR count). The number of hydrogen-bond donors (Lipinski definition) is 1. The SMILES string of the molecule is O=C(Nc1cc(Cl)ccc1C1CCCCC1)N1C=CC=NC1. The number of nitrogens with zero attached hydrogens (tertiary/aromatic N) is 2. The van der Waals surface area contributed by atoms with Gasteiger partial charge in [-0.25, -0.2) is 4.79 Å². The molecule has 1 aliphatic heterocycles. The average molecular weight is 318 g/mol. The number of anilines is 1. The number of carbonyl (C=O) groups excluding carboxylic acids is 1. The predicted octanol–water partition coefficient (Wildman–Crippen LogP) is 4.78. The molecule has 22 heavy (non-hydrogen) atoms. The van der Waals surface area contributed by atoms with Crippen LogP contribution >= 0.6 is 11.6 Å². The molecule has 1 saturated carbocycles. The van der Waals surface area contributed by atoms with Gasteiger partial charge in [-0.1, -0.05) is 36.9 Å². The van der Waals surface area contributed by atoms with E-state index in [4.69, 9.17) is 11.6 Å². The second-order valence-electron chi connectivity index (χ2n) is 5.78. The number of rotatable bonds is 2. The average Bonchev–Trinajstić information content (AvgIpc) is 2.56. The Balaban J connectivity index is 1.79. The third-order valence-corrected chi connectivity index (χ3v) is 4.49. The zero-order chi connectivity index (χ0) is 15.4. The third-order valence-electron chi connectivity index (χ3n) is 4.25. The van der Waals surface area contributed by atoms with Crippen molar-refractivity contribution < 1.29 is 4.79 Å². The largest absolute Gasteiger partial charge is 0.327 e. The third kappa shape index (κ3) is 3.50. The fourth-order valence-corrected chi connectivity index (χ4v) is 3.28. The smallest absolute Gasteiger partial charge is 0.307 e. The first-order valence-corrected chi connectivity index (χ1v) is 8.15. The van der Waals surface area contributed by atoms with E-state index in [1.165, 1.54) is 37.7 Å². The topological polar surface area (TPSA) is 44.7 Å². The van der Waals surface area contributed by atoms with E-state index in [9.17, 15) is 4.79 Å². The molecule has 0 bridgehead atoms. The number of benzene rings is 1. The van der Waals surface area contributed by atoms with Crippen LogP contribution < -0.4 is 5.32 Å². The Morgan fingerprint density at radius 3 is 2.82 bits per heavy atom.